The molecule has 0 bridgehead atoms. The Morgan fingerprint density at radius 3 is 2.53 bits per heavy atom. The molecule has 100 valence electrons. The van der Waals surface area contributed by atoms with E-state index >= 15 is 0 Å². The molecular weight excluding hydrogens is 210 g/mol. The van der Waals surface area contributed by atoms with Gasteiger partial charge in [0.05, 0.1) is 0 Å². The van der Waals surface area contributed by atoms with Crippen molar-refractivity contribution in [2.45, 2.75) is 58.3 Å². The van der Waals surface area contributed by atoms with E-state index in [1.807, 2.05) is 0 Å². The van der Waals surface area contributed by atoms with Crippen molar-refractivity contribution >= 4 is 0 Å². The van der Waals surface area contributed by atoms with Crippen LogP contribution in [0.4, 0.5) is 0 Å². The lowest BCUT2D eigenvalue weighted by Gasteiger charge is -2.36. The number of aliphatic hydroxyl groups is 1. The van der Waals surface area contributed by atoms with Gasteiger partial charge >= 0.3 is 0 Å². The van der Waals surface area contributed by atoms with Crippen molar-refractivity contribution in [3.8, 4) is 0 Å². The van der Waals surface area contributed by atoms with Crippen LogP contribution in [-0.2, 0) is 0 Å². The van der Waals surface area contributed by atoms with E-state index in [1.165, 1.54) is 57.9 Å². The number of nitrogens with one attached hydrogen (secondary N) is 1. The minimum Gasteiger partial charge on any atom is -0.396 e. The summed E-state index contributed by atoms with van der Waals surface area (Å²) in [4.78, 5) is 0. The molecule has 0 saturated heterocycles. The number of hydrogen-bond acceptors (Lipinski definition) is 2. The Labute approximate surface area is 106 Å². The summed E-state index contributed by atoms with van der Waals surface area (Å²) in [5.41, 5.74) is 0.211. The second kappa shape index (κ2) is 6.19. The second-order valence-corrected chi connectivity index (χ2v) is 6.63. The van der Waals surface area contributed by atoms with E-state index in [2.05, 4.69) is 12.2 Å². The Bertz CT molecular complexity index is 223. The summed E-state index contributed by atoms with van der Waals surface area (Å²) in [7, 11) is 0. The summed E-state index contributed by atoms with van der Waals surface area (Å²) < 4.78 is 0. The van der Waals surface area contributed by atoms with Crippen LogP contribution in [0.5, 0.6) is 0 Å². The molecule has 0 heterocycles. The van der Waals surface area contributed by atoms with Crippen LogP contribution in [0.25, 0.3) is 0 Å². The summed E-state index contributed by atoms with van der Waals surface area (Å²) >= 11 is 0. The van der Waals surface area contributed by atoms with E-state index in [1.54, 1.807) is 0 Å². The topological polar surface area (TPSA) is 32.3 Å². The maximum Gasteiger partial charge on any atom is 0.0499 e. The van der Waals surface area contributed by atoms with Gasteiger partial charge in [0.15, 0.2) is 0 Å². The fourth-order valence-corrected chi connectivity index (χ4v) is 3.74. The van der Waals surface area contributed by atoms with Crippen LogP contribution in [0, 0.1) is 17.3 Å². The van der Waals surface area contributed by atoms with Crippen molar-refractivity contribution in [3.63, 3.8) is 0 Å². The van der Waals surface area contributed by atoms with E-state index in [4.69, 9.17) is 0 Å². The average Bonchev–Trinajstić information content (AvgIpc) is 2.76. The molecule has 0 spiro atoms. The molecule has 17 heavy (non-hydrogen) atoms. The summed E-state index contributed by atoms with van der Waals surface area (Å²) in [6, 6.07) is 0. The third-order valence-electron chi connectivity index (χ3n) is 4.99. The predicted octanol–water partition coefficient (Wildman–Crippen LogP) is 2.96. The Morgan fingerprint density at radius 1 is 1.18 bits per heavy atom. The van der Waals surface area contributed by atoms with Crippen LogP contribution in [0.15, 0.2) is 0 Å². The van der Waals surface area contributed by atoms with Gasteiger partial charge in [0.25, 0.3) is 0 Å². The molecule has 2 atom stereocenters. The number of aliphatic hydroxyl groups excluding tert-OH is 1. The molecule has 2 nitrogen and oxygen atoms in total. The Hall–Kier alpha value is -0.0800. The highest BCUT2D eigenvalue weighted by molar-refractivity contribution is 4.85. The highest BCUT2D eigenvalue weighted by Crippen LogP contribution is 2.35. The molecule has 0 aliphatic heterocycles. The average molecular weight is 239 g/mol. The van der Waals surface area contributed by atoms with Gasteiger partial charge in [0, 0.05) is 18.6 Å². The van der Waals surface area contributed by atoms with Gasteiger partial charge in [0.1, 0.15) is 0 Å². The van der Waals surface area contributed by atoms with Gasteiger partial charge in [-0.05, 0) is 44.1 Å². The minimum atomic E-state index is 0.211. The summed E-state index contributed by atoms with van der Waals surface area (Å²) in [5, 5.41) is 13.3. The summed E-state index contributed by atoms with van der Waals surface area (Å²) in [5.74, 6) is 1.83. The van der Waals surface area contributed by atoms with Crippen LogP contribution in [-0.4, -0.2) is 24.8 Å². The first kappa shape index (κ1) is 13.4. The van der Waals surface area contributed by atoms with Gasteiger partial charge in [0.2, 0.25) is 0 Å². The van der Waals surface area contributed by atoms with Crippen molar-refractivity contribution < 1.29 is 5.11 Å². The lowest BCUT2D eigenvalue weighted by Crippen LogP contribution is -2.40. The highest BCUT2D eigenvalue weighted by atomic mass is 16.3. The monoisotopic (exact) mass is 239 g/mol. The van der Waals surface area contributed by atoms with Crippen LogP contribution >= 0.6 is 0 Å². The molecule has 0 aromatic rings. The van der Waals surface area contributed by atoms with E-state index < -0.39 is 0 Å². The van der Waals surface area contributed by atoms with Crippen molar-refractivity contribution in [1.82, 2.24) is 5.32 Å². The van der Waals surface area contributed by atoms with Crippen LogP contribution < -0.4 is 5.32 Å². The van der Waals surface area contributed by atoms with E-state index in [-0.39, 0.29) is 5.41 Å². The number of rotatable bonds is 5. The standard InChI is InChI=1S/C15H29NO/c1-13-5-6-14(9-13)10-16-11-15(12-17)7-3-2-4-8-15/h13-14,16-17H,2-12H2,1H3. The van der Waals surface area contributed by atoms with Crippen LogP contribution in [0.1, 0.15) is 58.3 Å². The minimum absolute atomic E-state index is 0.211. The second-order valence-electron chi connectivity index (χ2n) is 6.63. The fraction of sp³-hybridized carbons (Fsp3) is 1.00. The van der Waals surface area contributed by atoms with Crippen molar-refractivity contribution in [2.75, 3.05) is 19.7 Å². The van der Waals surface area contributed by atoms with Crippen LogP contribution in [0.2, 0.25) is 0 Å². The van der Waals surface area contributed by atoms with Crippen molar-refractivity contribution in [3.05, 3.63) is 0 Å². The van der Waals surface area contributed by atoms with Crippen molar-refractivity contribution in [2.24, 2.45) is 17.3 Å². The summed E-state index contributed by atoms with van der Waals surface area (Å²) in [6.07, 6.45) is 10.6. The van der Waals surface area contributed by atoms with Crippen molar-refractivity contribution in [1.29, 1.82) is 0 Å². The normalized spacial score (nSPS) is 32.8. The molecule has 2 aliphatic rings. The molecule has 2 N–H and O–H groups in total. The quantitative estimate of drug-likeness (QED) is 0.773. The third-order valence-corrected chi connectivity index (χ3v) is 4.99. The zero-order valence-corrected chi connectivity index (χ0v) is 11.4. The molecule has 2 rings (SSSR count). The molecule has 0 amide bonds. The Kier molecular flexibility index (Phi) is 4.87. The third kappa shape index (κ3) is 3.69. The van der Waals surface area contributed by atoms with E-state index in [0.717, 1.165) is 18.4 Å². The molecule has 0 aromatic heterocycles. The summed E-state index contributed by atoms with van der Waals surface area (Å²) in [6.45, 7) is 4.96. The predicted molar refractivity (Wildman–Crippen MR) is 72.0 cm³/mol. The lowest BCUT2D eigenvalue weighted by molar-refractivity contribution is 0.0804. The Morgan fingerprint density at radius 2 is 1.94 bits per heavy atom. The maximum absolute atomic E-state index is 9.64. The molecule has 2 heteroatoms. The van der Waals surface area contributed by atoms with E-state index in [9.17, 15) is 5.11 Å². The zero-order chi connectivity index (χ0) is 12.1. The Balaban J connectivity index is 1.69. The van der Waals surface area contributed by atoms with Gasteiger partial charge in [-0.2, -0.15) is 0 Å². The van der Waals surface area contributed by atoms with Gasteiger partial charge in [-0.1, -0.05) is 32.6 Å². The molecule has 2 unspecified atom stereocenters. The van der Waals surface area contributed by atoms with Gasteiger partial charge in [-0.25, -0.2) is 0 Å². The lowest BCUT2D eigenvalue weighted by atomic mass is 9.74. The van der Waals surface area contributed by atoms with Gasteiger partial charge in [-0.15, -0.1) is 0 Å². The SMILES string of the molecule is CC1CCC(CNCC2(CO)CCCCC2)C1. The maximum atomic E-state index is 9.64. The largest absolute Gasteiger partial charge is 0.396 e. The molecular formula is C15H29NO. The zero-order valence-electron chi connectivity index (χ0n) is 11.4. The van der Waals surface area contributed by atoms with Gasteiger partial charge < -0.3 is 10.4 Å². The van der Waals surface area contributed by atoms with Crippen LogP contribution in [0.3, 0.4) is 0 Å². The fourth-order valence-electron chi connectivity index (χ4n) is 3.74. The first-order chi connectivity index (χ1) is 8.24. The molecule has 0 aromatic carbocycles. The first-order valence-corrected chi connectivity index (χ1v) is 7.56. The molecule has 0 radical (unpaired) electrons. The highest BCUT2D eigenvalue weighted by Gasteiger charge is 2.31. The molecule has 2 fully saturated rings. The number of hydrogen-bond donors (Lipinski definition) is 2. The first-order valence-electron chi connectivity index (χ1n) is 7.56. The van der Waals surface area contributed by atoms with Gasteiger partial charge in [-0.3, -0.25) is 0 Å². The smallest absolute Gasteiger partial charge is 0.0499 e. The van der Waals surface area contributed by atoms with E-state index in [0.29, 0.717) is 6.61 Å². The molecule has 2 aliphatic carbocycles. The molecule has 2 saturated carbocycles.